The molecule has 7 nitrogen and oxygen atoms in total. The van der Waals surface area contributed by atoms with Gasteiger partial charge in [-0.05, 0) is 24.5 Å². The van der Waals surface area contributed by atoms with Gasteiger partial charge in [-0.25, -0.2) is 0 Å². The molecule has 1 aliphatic heterocycles. The first-order valence-electron chi connectivity index (χ1n) is 6.91. The number of piperidine rings is 1. The lowest BCUT2D eigenvalue weighted by atomic mass is 9.95. The Bertz CT molecular complexity index is 539. The zero-order valence-corrected chi connectivity index (χ0v) is 11.9. The average molecular weight is 293 g/mol. The van der Waals surface area contributed by atoms with E-state index in [4.69, 9.17) is 5.11 Å². The lowest BCUT2D eigenvalue weighted by molar-refractivity contribution is -0.384. The molecular weight excluding hydrogens is 274 g/mol. The van der Waals surface area contributed by atoms with Crippen LogP contribution < -0.4 is 10.2 Å². The number of aliphatic hydroxyl groups excluding tert-OH is 1. The molecule has 1 aromatic carbocycles. The van der Waals surface area contributed by atoms with Gasteiger partial charge in [-0.2, -0.15) is 0 Å². The zero-order chi connectivity index (χ0) is 15.4. The van der Waals surface area contributed by atoms with Crippen LogP contribution >= 0.6 is 0 Å². The van der Waals surface area contributed by atoms with Gasteiger partial charge in [0.15, 0.2) is 0 Å². The molecule has 0 aromatic heterocycles. The summed E-state index contributed by atoms with van der Waals surface area (Å²) < 4.78 is 0. The van der Waals surface area contributed by atoms with Gasteiger partial charge >= 0.3 is 0 Å². The van der Waals surface area contributed by atoms with Gasteiger partial charge in [0.2, 0.25) is 5.91 Å². The molecule has 2 N–H and O–H groups in total. The molecule has 1 aromatic rings. The molecule has 0 saturated carbocycles. The van der Waals surface area contributed by atoms with Crippen molar-refractivity contribution in [3.05, 3.63) is 33.9 Å². The van der Waals surface area contributed by atoms with Crippen molar-refractivity contribution in [1.29, 1.82) is 0 Å². The third-order valence-electron chi connectivity index (χ3n) is 3.87. The van der Waals surface area contributed by atoms with Gasteiger partial charge in [0.1, 0.15) is 5.69 Å². The van der Waals surface area contributed by atoms with E-state index in [1.54, 1.807) is 19.2 Å². The number of rotatable bonds is 4. The fourth-order valence-electron chi connectivity index (χ4n) is 2.67. The van der Waals surface area contributed by atoms with E-state index in [1.807, 2.05) is 4.90 Å². The van der Waals surface area contributed by atoms with Crippen molar-refractivity contribution < 1.29 is 14.8 Å². The number of carbonyl (C=O) groups is 1. The maximum Gasteiger partial charge on any atom is 0.292 e. The Morgan fingerprint density at radius 3 is 2.67 bits per heavy atom. The van der Waals surface area contributed by atoms with E-state index < -0.39 is 4.92 Å². The number of anilines is 1. The molecule has 1 aliphatic rings. The summed E-state index contributed by atoms with van der Waals surface area (Å²) in [6.45, 7) is 0.995. The van der Waals surface area contributed by atoms with Crippen LogP contribution in [0.1, 0.15) is 18.4 Å². The third kappa shape index (κ3) is 3.30. The number of nitro benzene ring substituents is 1. The van der Waals surface area contributed by atoms with E-state index in [-0.39, 0.29) is 24.1 Å². The molecule has 0 radical (unpaired) electrons. The van der Waals surface area contributed by atoms with Gasteiger partial charge < -0.3 is 15.3 Å². The molecule has 1 amide bonds. The van der Waals surface area contributed by atoms with Gasteiger partial charge in [-0.15, -0.1) is 0 Å². The zero-order valence-electron chi connectivity index (χ0n) is 11.9. The molecule has 21 heavy (non-hydrogen) atoms. The fourth-order valence-corrected chi connectivity index (χ4v) is 2.67. The molecule has 0 spiro atoms. The Kier molecular flexibility index (Phi) is 4.74. The van der Waals surface area contributed by atoms with Gasteiger partial charge in [-0.1, -0.05) is 6.07 Å². The minimum absolute atomic E-state index is 0.0000527. The van der Waals surface area contributed by atoms with Crippen molar-refractivity contribution >= 4 is 17.3 Å². The maximum absolute atomic E-state index is 11.6. The van der Waals surface area contributed by atoms with Crippen molar-refractivity contribution in [2.24, 2.45) is 5.92 Å². The Balaban J connectivity index is 2.16. The van der Waals surface area contributed by atoms with Crippen LogP contribution in [0, 0.1) is 16.0 Å². The largest absolute Gasteiger partial charge is 0.392 e. The fraction of sp³-hybridized carbons (Fsp3) is 0.500. The summed E-state index contributed by atoms with van der Waals surface area (Å²) in [5, 5.41) is 22.9. The number of carbonyl (C=O) groups excluding carboxylic acids is 1. The summed E-state index contributed by atoms with van der Waals surface area (Å²) in [6, 6.07) is 4.76. The maximum atomic E-state index is 11.6. The highest BCUT2D eigenvalue weighted by Gasteiger charge is 2.27. The first kappa shape index (κ1) is 15.2. The van der Waals surface area contributed by atoms with Crippen LogP contribution in [0.25, 0.3) is 0 Å². The van der Waals surface area contributed by atoms with Crippen LogP contribution in [0.2, 0.25) is 0 Å². The van der Waals surface area contributed by atoms with Gasteiger partial charge in [0.25, 0.3) is 5.69 Å². The predicted octanol–water partition coefficient (Wildman–Crippen LogP) is 1.05. The van der Waals surface area contributed by atoms with E-state index in [0.717, 1.165) is 0 Å². The summed E-state index contributed by atoms with van der Waals surface area (Å²) in [4.78, 5) is 24.3. The Hall–Kier alpha value is -2.15. The molecule has 2 rings (SSSR count). The topological polar surface area (TPSA) is 95.7 Å². The molecule has 1 saturated heterocycles. The Labute approximate surface area is 122 Å². The summed E-state index contributed by atoms with van der Waals surface area (Å²) in [7, 11) is 1.62. The number of amides is 1. The van der Waals surface area contributed by atoms with Crippen LogP contribution in [0.3, 0.4) is 0 Å². The number of aliphatic hydroxyl groups is 1. The van der Waals surface area contributed by atoms with Crippen molar-refractivity contribution in [2.45, 2.75) is 19.4 Å². The second kappa shape index (κ2) is 6.53. The summed E-state index contributed by atoms with van der Waals surface area (Å²) in [5.74, 6) is 0.00167. The highest BCUT2D eigenvalue weighted by molar-refractivity contribution is 5.78. The Morgan fingerprint density at radius 1 is 1.48 bits per heavy atom. The third-order valence-corrected chi connectivity index (χ3v) is 3.87. The number of nitrogens with one attached hydrogen (secondary N) is 1. The van der Waals surface area contributed by atoms with Crippen LogP contribution in [0.4, 0.5) is 11.4 Å². The van der Waals surface area contributed by atoms with Crippen LogP contribution in [-0.2, 0) is 11.4 Å². The highest BCUT2D eigenvalue weighted by Crippen LogP contribution is 2.32. The highest BCUT2D eigenvalue weighted by atomic mass is 16.6. The smallest absolute Gasteiger partial charge is 0.292 e. The number of hydrogen-bond acceptors (Lipinski definition) is 5. The summed E-state index contributed by atoms with van der Waals surface area (Å²) >= 11 is 0. The standard InChI is InChI=1S/C14H19N3O4/c1-15-14(19)11-4-6-16(7-5-11)12-3-2-10(9-18)8-13(12)17(20)21/h2-3,8,11,18H,4-7,9H2,1H3,(H,15,19). The van der Waals surface area contributed by atoms with E-state index in [1.165, 1.54) is 6.07 Å². The molecule has 0 unspecified atom stereocenters. The summed E-state index contributed by atoms with van der Waals surface area (Å²) in [6.07, 6.45) is 1.36. The van der Waals surface area contributed by atoms with Crippen molar-refractivity contribution in [3.8, 4) is 0 Å². The second-order valence-electron chi connectivity index (χ2n) is 5.11. The van der Waals surface area contributed by atoms with Gasteiger partial charge in [0.05, 0.1) is 11.5 Å². The van der Waals surface area contributed by atoms with Gasteiger partial charge in [-0.3, -0.25) is 14.9 Å². The first-order chi connectivity index (χ1) is 10.1. The first-order valence-corrected chi connectivity index (χ1v) is 6.91. The lowest BCUT2D eigenvalue weighted by Crippen LogP contribution is -2.39. The van der Waals surface area contributed by atoms with Crippen LogP contribution in [-0.4, -0.2) is 36.1 Å². The average Bonchev–Trinajstić information content (AvgIpc) is 2.53. The Morgan fingerprint density at radius 2 is 2.14 bits per heavy atom. The number of nitrogens with zero attached hydrogens (tertiary/aromatic N) is 2. The quantitative estimate of drug-likeness (QED) is 0.639. The van der Waals surface area contributed by atoms with E-state index in [9.17, 15) is 14.9 Å². The number of benzene rings is 1. The van der Waals surface area contributed by atoms with Crippen molar-refractivity contribution in [2.75, 3.05) is 25.0 Å². The minimum atomic E-state index is -0.431. The SMILES string of the molecule is CNC(=O)C1CCN(c2ccc(CO)cc2[N+](=O)[O-])CC1. The number of hydrogen-bond donors (Lipinski definition) is 2. The molecule has 114 valence electrons. The monoisotopic (exact) mass is 293 g/mol. The molecule has 0 bridgehead atoms. The van der Waals surface area contributed by atoms with Crippen LogP contribution in [0.15, 0.2) is 18.2 Å². The molecule has 7 heteroatoms. The molecular formula is C14H19N3O4. The van der Waals surface area contributed by atoms with Gasteiger partial charge in [0, 0.05) is 32.1 Å². The van der Waals surface area contributed by atoms with E-state index >= 15 is 0 Å². The molecule has 1 fully saturated rings. The normalized spacial score (nSPS) is 15.8. The van der Waals surface area contributed by atoms with E-state index in [2.05, 4.69) is 5.32 Å². The molecule has 0 aliphatic carbocycles. The lowest BCUT2D eigenvalue weighted by Gasteiger charge is -2.32. The summed E-state index contributed by atoms with van der Waals surface area (Å²) in [5.41, 5.74) is 1.07. The van der Waals surface area contributed by atoms with E-state index in [0.29, 0.717) is 37.2 Å². The minimum Gasteiger partial charge on any atom is -0.392 e. The molecule has 0 atom stereocenters. The predicted molar refractivity (Wildman–Crippen MR) is 78.0 cm³/mol. The number of nitro groups is 1. The van der Waals surface area contributed by atoms with Crippen molar-refractivity contribution in [3.63, 3.8) is 0 Å². The van der Waals surface area contributed by atoms with Crippen LogP contribution in [0.5, 0.6) is 0 Å². The molecule has 1 heterocycles. The van der Waals surface area contributed by atoms with Crippen molar-refractivity contribution in [1.82, 2.24) is 5.32 Å². The second-order valence-corrected chi connectivity index (χ2v) is 5.11.